The average molecular weight is 367 g/mol. The number of rotatable bonds is 3. The first-order chi connectivity index (χ1) is 12.7. The molecule has 1 fully saturated rings. The van der Waals surface area contributed by atoms with E-state index in [9.17, 15) is 4.79 Å². The highest BCUT2D eigenvalue weighted by Gasteiger charge is 2.22. The van der Waals surface area contributed by atoms with Gasteiger partial charge in [0.25, 0.3) is 11.9 Å². The van der Waals surface area contributed by atoms with Crippen molar-refractivity contribution in [1.82, 2.24) is 24.6 Å². The third kappa shape index (κ3) is 3.26. The summed E-state index contributed by atoms with van der Waals surface area (Å²) in [6.07, 6.45) is 7.92. The number of likely N-dealkylation sites (tertiary alicyclic amines) is 1. The Morgan fingerprint density at radius 1 is 1.15 bits per heavy atom. The number of hydrogen-bond donors (Lipinski definition) is 0. The SMILES string of the molecule is Cc1c(C(=O)N2CCCCCC2)cnn1-c1nccc(-c2cccs2)n1. The zero-order valence-electron chi connectivity index (χ0n) is 14.8. The molecule has 0 unspecified atom stereocenters. The van der Waals surface area contributed by atoms with Crippen LogP contribution in [0.5, 0.6) is 0 Å². The van der Waals surface area contributed by atoms with Crippen LogP contribution in [0.25, 0.3) is 16.5 Å². The maximum Gasteiger partial charge on any atom is 0.257 e. The summed E-state index contributed by atoms with van der Waals surface area (Å²) in [5, 5.41) is 6.42. The first kappa shape index (κ1) is 16.9. The third-order valence-corrected chi connectivity index (χ3v) is 5.63. The van der Waals surface area contributed by atoms with Gasteiger partial charge in [-0.25, -0.2) is 14.6 Å². The fourth-order valence-electron chi connectivity index (χ4n) is 3.28. The number of thiophene rings is 1. The lowest BCUT2D eigenvalue weighted by atomic mass is 10.2. The predicted molar refractivity (Wildman–Crippen MR) is 102 cm³/mol. The van der Waals surface area contributed by atoms with Crippen LogP contribution in [-0.4, -0.2) is 43.6 Å². The number of amides is 1. The van der Waals surface area contributed by atoms with Gasteiger partial charge >= 0.3 is 0 Å². The summed E-state index contributed by atoms with van der Waals surface area (Å²) in [7, 11) is 0. The van der Waals surface area contributed by atoms with Crippen LogP contribution in [-0.2, 0) is 0 Å². The van der Waals surface area contributed by atoms with E-state index in [-0.39, 0.29) is 5.91 Å². The molecule has 26 heavy (non-hydrogen) atoms. The number of hydrogen-bond acceptors (Lipinski definition) is 5. The first-order valence-electron chi connectivity index (χ1n) is 8.95. The minimum absolute atomic E-state index is 0.0602. The number of carbonyl (C=O) groups is 1. The van der Waals surface area contributed by atoms with E-state index in [0.29, 0.717) is 11.5 Å². The van der Waals surface area contributed by atoms with E-state index in [1.807, 2.05) is 35.4 Å². The maximum atomic E-state index is 12.9. The largest absolute Gasteiger partial charge is 0.339 e. The molecule has 1 aliphatic rings. The molecule has 7 heteroatoms. The van der Waals surface area contributed by atoms with E-state index in [0.717, 1.165) is 42.2 Å². The number of aromatic nitrogens is 4. The summed E-state index contributed by atoms with van der Waals surface area (Å²) in [6, 6.07) is 5.91. The summed E-state index contributed by atoms with van der Waals surface area (Å²) < 4.78 is 1.65. The zero-order chi connectivity index (χ0) is 17.9. The normalized spacial score (nSPS) is 15.0. The van der Waals surface area contributed by atoms with Gasteiger partial charge in [-0.15, -0.1) is 11.3 Å². The molecule has 1 aliphatic heterocycles. The van der Waals surface area contributed by atoms with Crippen LogP contribution < -0.4 is 0 Å². The fraction of sp³-hybridized carbons (Fsp3) is 0.368. The minimum Gasteiger partial charge on any atom is -0.339 e. The summed E-state index contributed by atoms with van der Waals surface area (Å²) in [5.41, 5.74) is 2.28. The maximum absolute atomic E-state index is 12.9. The standard InChI is InChI=1S/C19H21N5OS/c1-14-15(18(25)23-10-4-2-3-5-11-23)13-21-24(14)19-20-9-8-16(22-19)17-7-6-12-26-17/h6-9,12-13H,2-5,10-11H2,1H3. The van der Waals surface area contributed by atoms with Gasteiger partial charge in [-0.3, -0.25) is 4.79 Å². The van der Waals surface area contributed by atoms with Crippen molar-refractivity contribution in [2.75, 3.05) is 13.1 Å². The van der Waals surface area contributed by atoms with Crippen molar-refractivity contribution in [3.63, 3.8) is 0 Å². The third-order valence-electron chi connectivity index (χ3n) is 4.74. The molecule has 4 heterocycles. The summed E-state index contributed by atoms with van der Waals surface area (Å²) in [5.74, 6) is 0.549. The topological polar surface area (TPSA) is 63.9 Å². The van der Waals surface area contributed by atoms with E-state index in [4.69, 9.17) is 0 Å². The molecule has 0 radical (unpaired) electrons. The highest BCUT2D eigenvalue weighted by atomic mass is 32.1. The molecular weight excluding hydrogens is 346 g/mol. The van der Waals surface area contributed by atoms with Gasteiger partial charge in [0.05, 0.1) is 28.0 Å². The smallest absolute Gasteiger partial charge is 0.257 e. The Labute approximate surface area is 156 Å². The number of nitrogens with zero attached hydrogens (tertiary/aromatic N) is 5. The molecule has 3 aromatic rings. The van der Waals surface area contributed by atoms with Gasteiger partial charge in [0.2, 0.25) is 0 Å². The molecule has 1 saturated heterocycles. The van der Waals surface area contributed by atoms with Crippen molar-refractivity contribution in [2.24, 2.45) is 0 Å². The zero-order valence-corrected chi connectivity index (χ0v) is 15.6. The van der Waals surface area contributed by atoms with Crippen molar-refractivity contribution in [2.45, 2.75) is 32.6 Å². The van der Waals surface area contributed by atoms with E-state index < -0.39 is 0 Å². The lowest BCUT2D eigenvalue weighted by molar-refractivity contribution is 0.0761. The van der Waals surface area contributed by atoms with E-state index in [1.54, 1.807) is 28.4 Å². The van der Waals surface area contributed by atoms with Crippen LogP contribution >= 0.6 is 11.3 Å². The second kappa shape index (κ2) is 7.37. The Balaban J connectivity index is 1.63. The molecule has 0 spiro atoms. The predicted octanol–water partition coefficient (Wildman–Crippen LogP) is 3.72. The van der Waals surface area contributed by atoms with Crippen LogP contribution in [0.15, 0.2) is 36.0 Å². The Bertz CT molecular complexity index is 895. The molecule has 0 aliphatic carbocycles. The molecule has 3 aromatic heterocycles. The van der Waals surface area contributed by atoms with Gasteiger partial charge in [-0.05, 0) is 37.3 Å². The molecule has 0 bridgehead atoms. The van der Waals surface area contributed by atoms with Gasteiger partial charge in [0.15, 0.2) is 0 Å². The quantitative estimate of drug-likeness (QED) is 0.708. The van der Waals surface area contributed by atoms with Gasteiger partial charge in [0.1, 0.15) is 0 Å². The number of carbonyl (C=O) groups excluding carboxylic acids is 1. The molecule has 0 saturated carbocycles. The van der Waals surface area contributed by atoms with Crippen LogP contribution in [0.3, 0.4) is 0 Å². The lowest BCUT2D eigenvalue weighted by Gasteiger charge is -2.19. The summed E-state index contributed by atoms with van der Waals surface area (Å²) >= 11 is 1.63. The lowest BCUT2D eigenvalue weighted by Crippen LogP contribution is -2.32. The van der Waals surface area contributed by atoms with Crippen molar-refractivity contribution in [3.05, 3.63) is 47.2 Å². The molecule has 134 valence electrons. The van der Waals surface area contributed by atoms with Gasteiger partial charge in [-0.2, -0.15) is 5.10 Å². The van der Waals surface area contributed by atoms with E-state index in [1.165, 1.54) is 12.8 Å². The minimum atomic E-state index is 0.0602. The van der Waals surface area contributed by atoms with Crippen LogP contribution in [0.4, 0.5) is 0 Å². The highest BCUT2D eigenvalue weighted by Crippen LogP contribution is 2.23. The molecule has 0 aromatic carbocycles. The summed E-state index contributed by atoms with van der Waals surface area (Å²) in [4.78, 5) is 24.9. The second-order valence-electron chi connectivity index (χ2n) is 6.48. The van der Waals surface area contributed by atoms with Crippen LogP contribution in [0.2, 0.25) is 0 Å². The van der Waals surface area contributed by atoms with Crippen molar-refractivity contribution < 1.29 is 4.79 Å². The van der Waals surface area contributed by atoms with Gasteiger partial charge in [0, 0.05) is 19.3 Å². The molecule has 0 atom stereocenters. The Hall–Kier alpha value is -2.54. The Kier molecular flexibility index (Phi) is 4.79. The molecule has 4 rings (SSSR count). The van der Waals surface area contributed by atoms with Crippen molar-refractivity contribution >= 4 is 17.2 Å². The average Bonchev–Trinajstić information content (AvgIpc) is 3.24. The van der Waals surface area contributed by atoms with Gasteiger partial charge in [-0.1, -0.05) is 18.9 Å². The van der Waals surface area contributed by atoms with Crippen LogP contribution in [0.1, 0.15) is 41.7 Å². The highest BCUT2D eigenvalue weighted by molar-refractivity contribution is 7.13. The van der Waals surface area contributed by atoms with E-state index in [2.05, 4.69) is 15.1 Å². The van der Waals surface area contributed by atoms with Crippen LogP contribution in [0, 0.1) is 6.92 Å². The summed E-state index contributed by atoms with van der Waals surface area (Å²) in [6.45, 7) is 3.56. The molecule has 1 amide bonds. The van der Waals surface area contributed by atoms with Crippen molar-refractivity contribution in [1.29, 1.82) is 0 Å². The molecule has 0 N–H and O–H groups in total. The van der Waals surface area contributed by atoms with E-state index >= 15 is 0 Å². The first-order valence-corrected chi connectivity index (χ1v) is 9.83. The Morgan fingerprint density at radius 2 is 1.96 bits per heavy atom. The molecule has 6 nitrogen and oxygen atoms in total. The fourth-order valence-corrected chi connectivity index (χ4v) is 3.97. The Morgan fingerprint density at radius 3 is 2.69 bits per heavy atom. The molecular formula is C19H21N5OS. The monoisotopic (exact) mass is 367 g/mol. The van der Waals surface area contributed by atoms with Crippen molar-refractivity contribution in [3.8, 4) is 16.5 Å². The van der Waals surface area contributed by atoms with Gasteiger partial charge < -0.3 is 4.90 Å². The second-order valence-corrected chi connectivity index (χ2v) is 7.43.